The molecule has 3 rings (SSSR count). The van der Waals surface area contributed by atoms with Gasteiger partial charge in [0.25, 0.3) is 11.8 Å². The lowest BCUT2D eigenvalue weighted by atomic mass is 10.2. The van der Waals surface area contributed by atoms with Crippen molar-refractivity contribution in [1.29, 1.82) is 0 Å². The summed E-state index contributed by atoms with van der Waals surface area (Å²) in [6.45, 7) is 0. The largest absolute Gasteiger partial charge is 0.478 e. The van der Waals surface area contributed by atoms with Crippen LogP contribution in [0.2, 0.25) is 0 Å². The van der Waals surface area contributed by atoms with Crippen LogP contribution in [0.5, 0.6) is 17.4 Å². The highest BCUT2D eigenvalue weighted by Gasteiger charge is 2.14. The van der Waals surface area contributed by atoms with Crippen molar-refractivity contribution in [3.05, 3.63) is 48.2 Å². The summed E-state index contributed by atoms with van der Waals surface area (Å²) in [7, 11) is 1.50. The van der Waals surface area contributed by atoms with E-state index in [2.05, 4.69) is 9.97 Å². The lowest BCUT2D eigenvalue weighted by Crippen LogP contribution is -2.12. The Bertz CT molecular complexity index is 811. The Kier molecular flexibility index (Phi) is 3.19. The number of aromatic amines is 1. The van der Waals surface area contributed by atoms with Crippen LogP contribution in [0.25, 0.3) is 11.0 Å². The van der Waals surface area contributed by atoms with Crippen LogP contribution in [-0.2, 0) is 0 Å². The van der Waals surface area contributed by atoms with Crippen molar-refractivity contribution in [3.63, 3.8) is 0 Å². The highest BCUT2D eigenvalue weighted by Crippen LogP contribution is 2.33. The second kappa shape index (κ2) is 5.16. The molecule has 0 spiro atoms. The van der Waals surface area contributed by atoms with Crippen molar-refractivity contribution >= 4 is 16.9 Å². The summed E-state index contributed by atoms with van der Waals surface area (Å²) in [5.41, 5.74) is 6.34. The number of carbonyl (C=O) groups excluding carboxylic acids is 1. The fraction of sp³-hybridized carbons (Fsp3) is 0.0667. The first-order valence-electron chi connectivity index (χ1n) is 6.28. The van der Waals surface area contributed by atoms with Crippen LogP contribution in [0, 0.1) is 0 Å². The molecule has 0 aliphatic heterocycles. The Labute approximate surface area is 120 Å². The average Bonchev–Trinajstić information content (AvgIpc) is 2.94. The zero-order valence-electron chi connectivity index (χ0n) is 11.3. The van der Waals surface area contributed by atoms with E-state index in [0.29, 0.717) is 28.6 Å². The maximum absolute atomic E-state index is 11.4. The fourth-order valence-electron chi connectivity index (χ4n) is 2.04. The molecule has 6 nitrogen and oxygen atoms in total. The van der Waals surface area contributed by atoms with Gasteiger partial charge in [-0.2, -0.15) is 4.98 Å². The molecule has 0 bridgehead atoms. The maximum Gasteiger partial charge on any atom is 0.259 e. The number of hydrogen-bond acceptors (Lipinski definition) is 4. The maximum atomic E-state index is 11.4. The number of carbonyl (C=O) groups is 1. The van der Waals surface area contributed by atoms with E-state index in [-0.39, 0.29) is 0 Å². The van der Waals surface area contributed by atoms with Gasteiger partial charge in [0.2, 0.25) is 0 Å². The number of H-pyrrole nitrogens is 1. The fourth-order valence-corrected chi connectivity index (χ4v) is 2.04. The number of nitrogens with two attached hydrogens (primary N) is 1. The number of benzene rings is 1. The highest BCUT2D eigenvalue weighted by molar-refractivity contribution is 5.95. The second-order valence-corrected chi connectivity index (χ2v) is 4.37. The molecule has 1 aromatic carbocycles. The number of primary amides is 1. The Morgan fingerprint density at radius 1 is 1.24 bits per heavy atom. The molecule has 2 heterocycles. The van der Waals surface area contributed by atoms with Crippen molar-refractivity contribution < 1.29 is 14.3 Å². The van der Waals surface area contributed by atoms with Gasteiger partial charge in [-0.25, -0.2) is 0 Å². The molecule has 0 fully saturated rings. The third-order valence-corrected chi connectivity index (χ3v) is 3.03. The molecular formula is C15H13N3O3. The Balaban J connectivity index is 2.07. The summed E-state index contributed by atoms with van der Waals surface area (Å²) >= 11 is 0. The van der Waals surface area contributed by atoms with Gasteiger partial charge in [-0.05, 0) is 24.3 Å². The molecule has 0 atom stereocenters. The minimum absolute atomic E-state index is 0.300. The first-order chi connectivity index (χ1) is 10.2. The van der Waals surface area contributed by atoms with Gasteiger partial charge in [0.15, 0.2) is 5.75 Å². The minimum atomic E-state index is -0.555. The molecular weight excluding hydrogens is 270 g/mol. The number of fused-ring (bicyclic) bond motifs is 1. The van der Waals surface area contributed by atoms with Gasteiger partial charge in [0.05, 0.1) is 12.7 Å². The van der Waals surface area contributed by atoms with Gasteiger partial charge in [-0.1, -0.05) is 12.1 Å². The van der Waals surface area contributed by atoms with Crippen LogP contribution >= 0.6 is 0 Å². The predicted molar refractivity (Wildman–Crippen MR) is 77.7 cm³/mol. The molecule has 21 heavy (non-hydrogen) atoms. The van der Waals surface area contributed by atoms with Crippen molar-refractivity contribution in [3.8, 4) is 17.4 Å². The van der Waals surface area contributed by atoms with Crippen molar-refractivity contribution in [2.45, 2.75) is 0 Å². The summed E-state index contributed by atoms with van der Waals surface area (Å²) in [5.74, 6) is 0.544. The number of rotatable bonds is 4. The number of aromatic nitrogens is 2. The van der Waals surface area contributed by atoms with Crippen LogP contribution in [-0.4, -0.2) is 23.0 Å². The molecule has 0 aliphatic rings. The van der Waals surface area contributed by atoms with E-state index in [4.69, 9.17) is 15.2 Å². The molecule has 0 saturated carbocycles. The highest BCUT2D eigenvalue weighted by atomic mass is 16.5. The quantitative estimate of drug-likeness (QED) is 0.769. The van der Waals surface area contributed by atoms with Crippen molar-refractivity contribution in [2.75, 3.05) is 7.11 Å². The number of ether oxygens (including phenoxy) is 2. The van der Waals surface area contributed by atoms with Crippen molar-refractivity contribution in [2.24, 2.45) is 5.73 Å². The normalized spacial score (nSPS) is 10.5. The number of para-hydroxylation sites is 1. The average molecular weight is 283 g/mol. The molecule has 3 aromatic rings. The summed E-state index contributed by atoms with van der Waals surface area (Å²) in [6.07, 6.45) is 1.78. The molecule has 0 unspecified atom stereocenters. The first kappa shape index (κ1) is 13.0. The van der Waals surface area contributed by atoms with Gasteiger partial charge in [0, 0.05) is 11.6 Å². The Hall–Kier alpha value is -3.02. The van der Waals surface area contributed by atoms with E-state index in [9.17, 15) is 4.79 Å². The molecule has 1 amide bonds. The Morgan fingerprint density at radius 3 is 2.81 bits per heavy atom. The Morgan fingerprint density at radius 2 is 2.05 bits per heavy atom. The first-order valence-corrected chi connectivity index (χ1v) is 6.28. The molecule has 0 radical (unpaired) electrons. The van der Waals surface area contributed by atoms with Gasteiger partial charge in [-0.3, -0.25) is 4.79 Å². The van der Waals surface area contributed by atoms with E-state index in [1.165, 1.54) is 7.11 Å². The lowest BCUT2D eigenvalue weighted by molar-refractivity contribution is 0.0998. The number of methoxy groups -OCH3 is 1. The summed E-state index contributed by atoms with van der Waals surface area (Å²) in [5, 5.41) is 0.877. The summed E-state index contributed by atoms with van der Waals surface area (Å²) in [4.78, 5) is 18.7. The molecule has 0 saturated heterocycles. The number of pyridine rings is 1. The molecule has 0 aliphatic carbocycles. The van der Waals surface area contributed by atoms with E-state index >= 15 is 0 Å². The topological polar surface area (TPSA) is 90.2 Å². The van der Waals surface area contributed by atoms with Gasteiger partial charge >= 0.3 is 0 Å². The monoisotopic (exact) mass is 283 g/mol. The third-order valence-electron chi connectivity index (χ3n) is 3.03. The number of amides is 1. The second-order valence-electron chi connectivity index (χ2n) is 4.37. The molecule has 106 valence electrons. The van der Waals surface area contributed by atoms with Crippen LogP contribution in [0.15, 0.2) is 42.6 Å². The molecule has 3 N–H and O–H groups in total. The predicted octanol–water partition coefficient (Wildman–Crippen LogP) is 2.46. The minimum Gasteiger partial charge on any atom is -0.478 e. The summed E-state index contributed by atoms with van der Waals surface area (Å²) in [6, 6.07) is 10.4. The molecule has 2 aromatic heterocycles. The van der Waals surface area contributed by atoms with E-state index in [0.717, 1.165) is 5.39 Å². The number of nitrogens with zero attached hydrogens (tertiary/aromatic N) is 1. The van der Waals surface area contributed by atoms with Crippen LogP contribution in [0.1, 0.15) is 10.4 Å². The zero-order valence-corrected chi connectivity index (χ0v) is 11.3. The third kappa shape index (κ3) is 2.38. The zero-order chi connectivity index (χ0) is 14.8. The van der Waals surface area contributed by atoms with Crippen LogP contribution in [0.4, 0.5) is 0 Å². The van der Waals surface area contributed by atoms with E-state index < -0.39 is 5.91 Å². The smallest absolute Gasteiger partial charge is 0.259 e. The van der Waals surface area contributed by atoms with E-state index in [1.54, 1.807) is 36.5 Å². The van der Waals surface area contributed by atoms with Gasteiger partial charge < -0.3 is 20.2 Å². The van der Waals surface area contributed by atoms with Crippen LogP contribution in [0.3, 0.4) is 0 Å². The SMILES string of the molecule is COc1nc2[nH]ccc2cc1Oc1ccccc1C(N)=O. The number of nitrogens with one attached hydrogen (secondary N) is 1. The van der Waals surface area contributed by atoms with E-state index in [1.807, 2.05) is 6.07 Å². The van der Waals surface area contributed by atoms with Gasteiger partial charge in [-0.15, -0.1) is 0 Å². The van der Waals surface area contributed by atoms with Crippen LogP contribution < -0.4 is 15.2 Å². The summed E-state index contributed by atoms with van der Waals surface area (Å²) < 4.78 is 11.0. The number of hydrogen-bond donors (Lipinski definition) is 2. The standard InChI is InChI=1S/C15H13N3O3/c1-20-15-12(8-9-6-7-17-14(9)18-15)21-11-5-3-2-4-10(11)13(16)19/h2-8H,1H3,(H2,16,19)(H,17,18). The lowest BCUT2D eigenvalue weighted by Gasteiger charge is -2.11. The van der Waals surface area contributed by atoms with Crippen molar-refractivity contribution in [1.82, 2.24) is 9.97 Å². The van der Waals surface area contributed by atoms with Gasteiger partial charge in [0.1, 0.15) is 11.4 Å². The molecule has 6 heteroatoms.